The summed E-state index contributed by atoms with van der Waals surface area (Å²) < 4.78 is 16.7. The van der Waals surface area contributed by atoms with Gasteiger partial charge in [0.15, 0.2) is 12.1 Å². The van der Waals surface area contributed by atoms with E-state index in [9.17, 15) is 5.11 Å². The number of terminal acetylenes is 1. The molecule has 1 N–H and O–H groups in total. The van der Waals surface area contributed by atoms with Gasteiger partial charge in [-0.15, -0.1) is 12.3 Å². The van der Waals surface area contributed by atoms with Gasteiger partial charge in [0.05, 0.1) is 12.2 Å². The second kappa shape index (κ2) is 3.76. The van der Waals surface area contributed by atoms with Crippen LogP contribution in [0.1, 0.15) is 26.7 Å². The minimum Gasteiger partial charge on any atom is -0.389 e. The van der Waals surface area contributed by atoms with Gasteiger partial charge >= 0.3 is 0 Å². The lowest BCUT2D eigenvalue weighted by Crippen LogP contribution is -2.30. The van der Waals surface area contributed by atoms with Gasteiger partial charge in [0.25, 0.3) is 0 Å². The average molecular weight is 212 g/mol. The first-order chi connectivity index (χ1) is 7.02. The number of ether oxygens (including phenoxy) is 3. The monoisotopic (exact) mass is 212 g/mol. The van der Waals surface area contributed by atoms with E-state index in [0.29, 0.717) is 12.8 Å². The van der Waals surface area contributed by atoms with Crippen LogP contribution in [0, 0.1) is 12.3 Å². The molecule has 4 atom stereocenters. The van der Waals surface area contributed by atoms with E-state index in [0.717, 1.165) is 0 Å². The quantitative estimate of drug-likeness (QED) is 0.682. The van der Waals surface area contributed by atoms with Crippen molar-refractivity contribution in [1.82, 2.24) is 0 Å². The average Bonchev–Trinajstić information content (AvgIpc) is 2.57. The normalized spacial score (nSPS) is 39.7. The first-order valence-corrected chi connectivity index (χ1v) is 5.14. The Hall–Kier alpha value is -0.600. The van der Waals surface area contributed by atoms with Crippen molar-refractivity contribution in [3.05, 3.63) is 0 Å². The van der Waals surface area contributed by atoms with E-state index >= 15 is 0 Å². The Labute approximate surface area is 89.5 Å². The molecule has 0 aromatic rings. The molecule has 0 bridgehead atoms. The molecule has 2 heterocycles. The van der Waals surface area contributed by atoms with Crippen LogP contribution in [-0.2, 0) is 14.2 Å². The second-order valence-electron chi connectivity index (χ2n) is 4.43. The van der Waals surface area contributed by atoms with Gasteiger partial charge in [-0.2, -0.15) is 0 Å². The first kappa shape index (κ1) is 10.9. The Kier molecular flexibility index (Phi) is 2.73. The molecule has 4 nitrogen and oxygen atoms in total. The van der Waals surface area contributed by atoms with Crippen LogP contribution in [0.2, 0.25) is 0 Å². The van der Waals surface area contributed by atoms with Crippen molar-refractivity contribution in [3.63, 3.8) is 0 Å². The van der Waals surface area contributed by atoms with Crippen molar-refractivity contribution in [2.75, 3.05) is 0 Å². The standard InChI is InChI=1S/C11H16O4/c1-4-5-7(12)8-6-9-10(13-8)15-11(2,3)14-9/h1,7-10,12H,5-6H2,2-3H3/t7-,8-,9+,10+/m0/s1. The maximum absolute atomic E-state index is 9.66. The van der Waals surface area contributed by atoms with Gasteiger partial charge in [0.1, 0.15) is 6.10 Å². The van der Waals surface area contributed by atoms with Crippen LogP contribution in [0.4, 0.5) is 0 Å². The second-order valence-corrected chi connectivity index (χ2v) is 4.43. The molecule has 0 aromatic heterocycles. The molecule has 0 saturated carbocycles. The molecular formula is C11H16O4. The van der Waals surface area contributed by atoms with Crippen molar-refractivity contribution in [1.29, 1.82) is 0 Å². The lowest BCUT2D eigenvalue weighted by atomic mass is 10.1. The molecule has 4 heteroatoms. The van der Waals surface area contributed by atoms with E-state index in [2.05, 4.69) is 5.92 Å². The third-order valence-corrected chi connectivity index (χ3v) is 2.67. The summed E-state index contributed by atoms with van der Waals surface area (Å²) in [4.78, 5) is 0. The molecule has 2 rings (SSSR count). The minimum absolute atomic E-state index is 0.0857. The summed E-state index contributed by atoms with van der Waals surface area (Å²) in [5.74, 6) is 1.83. The number of fused-ring (bicyclic) bond motifs is 1. The van der Waals surface area contributed by atoms with Crippen LogP contribution in [-0.4, -0.2) is 35.5 Å². The lowest BCUT2D eigenvalue weighted by molar-refractivity contribution is -0.213. The Balaban J connectivity index is 1.91. The van der Waals surface area contributed by atoms with Crippen LogP contribution in [0.15, 0.2) is 0 Å². The highest BCUT2D eigenvalue weighted by molar-refractivity contribution is 4.94. The molecular weight excluding hydrogens is 196 g/mol. The summed E-state index contributed by atoms with van der Waals surface area (Å²) in [6, 6.07) is 0. The maximum Gasteiger partial charge on any atom is 0.187 e. The third-order valence-electron chi connectivity index (χ3n) is 2.67. The summed E-state index contributed by atoms with van der Waals surface area (Å²) in [5, 5.41) is 9.66. The summed E-state index contributed by atoms with van der Waals surface area (Å²) in [6.45, 7) is 3.70. The van der Waals surface area contributed by atoms with E-state index in [1.165, 1.54) is 0 Å². The van der Waals surface area contributed by atoms with Gasteiger partial charge in [-0.3, -0.25) is 0 Å². The van der Waals surface area contributed by atoms with Gasteiger partial charge in [-0.05, 0) is 13.8 Å². The van der Waals surface area contributed by atoms with Crippen molar-refractivity contribution >= 4 is 0 Å². The van der Waals surface area contributed by atoms with Crippen LogP contribution in [0.5, 0.6) is 0 Å². The van der Waals surface area contributed by atoms with Gasteiger partial charge in [0, 0.05) is 12.8 Å². The van der Waals surface area contributed by atoms with Gasteiger partial charge in [-0.1, -0.05) is 0 Å². The number of aliphatic hydroxyl groups is 1. The molecule has 2 aliphatic rings. The number of rotatable bonds is 2. The Morgan fingerprint density at radius 1 is 1.53 bits per heavy atom. The number of hydrogen-bond donors (Lipinski definition) is 1. The van der Waals surface area contributed by atoms with Crippen molar-refractivity contribution in [2.24, 2.45) is 0 Å². The molecule has 0 spiro atoms. The fraction of sp³-hybridized carbons (Fsp3) is 0.818. The van der Waals surface area contributed by atoms with E-state index in [1.54, 1.807) is 0 Å². The van der Waals surface area contributed by atoms with E-state index in [-0.39, 0.29) is 18.5 Å². The molecule has 0 aromatic carbocycles. The number of hydrogen-bond acceptors (Lipinski definition) is 4. The van der Waals surface area contributed by atoms with E-state index in [4.69, 9.17) is 20.6 Å². The Morgan fingerprint density at radius 2 is 2.27 bits per heavy atom. The predicted molar refractivity (Wildman–Crippen MR) is 52.8 cm³/mol. The van der Waals surface area contributed by atoms with Crippen LogP contribution in [0.25, 0.3) is 0 Å². The SMILES string of the molecule is C#CC[C@H](O)[C@@H]1C[C@H]2OC(C)(C)O[C@H]2O1. The Bertz CT molecular complexity index is 265. The molecule has 0 radical (unpaired) electrons. The van der Waals surface area contributed by atoms with E-state index < -0.39 is 11.9 Å². The lowest BCUT2D eigenvalue weighted by Gasteiger charge is -2.22. The topological polar surface area (TPSA) is 47.9 Å². The Morgan fingerprint density at radius 3 is 2.87 bits per heavy atom. The molecule has 0 aliphatic carbocycles. The largest absolute Gasteiger partial charge is 0.389 e. The molecule has 2 fully saturated rings. The molecule has 2 aliphatic heterocycles. The van der Waals surface area contributed by atoms with Crippen LogP contribution in [0.3, 0.4) is 0 Å². The molecule has 15 heavy (non-hydrogen) atoms. The van der Waals surface area contributed by atoms with Crippen molar-refractivity contribution in [3.8, 4) is 12.3 Å². The van der Waals surface area contributed by atoms with E-state index in [1.807, 2.05) is 13.8 Å². The third kappa shape index (κ3) is 2.16. The van der Waals surface area contributed by atoms with Crippen molar-refractivity contribution < 1.29 is 19.3 Å². The summed E-state index contributed by atoms with van der Waals surface area (Å²) in [5.41, 5.74) is 0. The van der Waals surface area contributed by atoms with Crippen LogP contribution >= 0.6 is 0 Å². The van der Waals surface area contributed by atoms with Crippen LogP contribution < -0.4 is 0 Å². The summed E-state index contributed by atoms with van der Waals surface area (Å²) in [6.07, 6.45) is 4.71. The fourth-order valence-electron chi connectivity index (χ4n) is 2.03. The van der Waals surface area contributed by atoms with Gasteiger partial charge < -0.3 is 19.3 Å². The minimum atomic E-state index is -0.629. The van der Waals surface area contributed by atoms with Gasteiger partial charge in [-0.25, -0.2) is 0 Å². The smallest absolute Gasteiger partial charge is 0.187 e. The molecule has 0 unspecified atom stereocenters. The maximum atomic E-state index is 9.66. The first-order valence-electron chi connectivity index (χ1n) is 5.14. The number of aliphatic hydroxyl groups excluding tert-OH is 1. The zero-order valence-corrected chi connectivity index (χ0v) is 8.97. The summed E-state index contributed by atoms with van der Waals surface area (Å²) >= 11 is 0. The molecule has 84 valence electrons. The molecule has 2 saturated heterocycles. The molecule has 0 amide bonds. The highest BCUT2D eigenvalue weighted by Gasteiger charge is 2.49. The predicted octanol–water partition coefficient (Wildman–Crippen LogP) is 0.637. The fourth-order valence-corrected chi connectivity index (χ4v) is 2.03. The van der Waals surface area contributed by atoms with Gasteiger partial charge in [0.2, 0.25) is 0 Å². The highest BCUT2D eigenvalue weighted by atomic mass is 16.8. The highest BCUT2D eigenvalue weighted by Crippen LogP contribution is 2.38. The van der Waals surface area contributed by atoms with Crippen molar-refractivity contribution in [2.45, 2.75) is 57.1 Å². The zero-order valence-electron chi connectivity index (χ0n) is 8.97. The summed E-state index contributed by atoms with van der Waals surface area (Å²) in [7, 11) is 0. The zero-order chi connectivity index (χ0) is 11.1.